The van der Waals surface area contributed by atoms with E-state index in [1.807, 2.05) is 30.3 Å². The Morgan fingerprint density at radius 1 is 1.00 bits per heavy atom. The minimum atomic E-state index is -4.16. The van der Waals surface area contributed by atoms with Gasteiger partial charge in [-0.05, 0) is 73.2 Å². The van der Waals surface area contributed by atoms with Crippen LogP contribution in [0.3, 0.4) is 0 Å². The van der Waals surface area contributed by atoms with Crippen molar-refractivity contribution in [2.75, 3.05) is 12.3 Å². The first-order valence-electron chi connectivity index (χ1n) is 10.8. The molecule has 0 bridgehead atoms. The van der Waals surface area contributed by atoms with E-state index in [2.05, 4.69) is 6.92 Å². The van der Waals surface area contributed by atoms with Gasteiger partial charge in [0, 0.05) is 5.69 Å². The zero-order valence-corrected chi connectivity index (χ0v) is 19.9. The molecule has 0 atom stereocenters. The minimum absolute atomic E-state index is 0.00939. The van der Waals surface area contributed by atoms with Crippen molar-refractivity contribution in [2.24, 2.45) is 0 Å². The lowest BCUT2D eigenvalue weighted by atomic mass is 9.92. The maximum absolute atomic E-state index is 13.7. The van der Waals surface area contributed by atoms with Crippen LogP contribution in [0.2, 0.25) is 0 Å². The molecule has 0 spiro atoms. The highest BCUT2D eigenvalue weighted by Crippen LogP contribution is 2.37. The van der Waals surface area contributed by atoms with Gasteiger partial charge in [0.25, 0.3) is 0 Å². The van der Waals surface area contributed by atoms with E-state index in [1.54, 1.807) is 26.0 Å². The molecule has 0 aliphatic heterocycles. The quantitative estimate of drug-likeness (QED) is 0.331. The van der Waals surface area contributed by atoms with Crippen LogP contribution in [0, 0.1) is 13.8 Å². The van der Waals surface area contributed by atoms with E-state index in [0.29, 0.717) is 23.5 Å². The highest BCUT2D eigenvalue weighted by atomic mass is 32.2. The Balaban J connectivity index is 2.16. The summed E-state index contributed by atoms with van der Waals surface area (Å²) in [6, 6.07) is 15.3. The van der Waals surface area contributed by atoms with Crippen molar-refractivity contribution in [3.8, 4) is 5.75 Å². The molecule has 0 aromatic heterocycles. The predicted octanol–water partition coefficient (Wildman–Crippen LogP) is 5.19. The van der Waals surface area contributed by atoms with E-state index >= 15 is 0 Å². The number of carbonyl (C=O) groups is 1. The number of carboxylic acid groups (broad SMARTS) is 1. The molecule has 0 amide bonds. The van der Waals surface area contributed by atoms with Crippen molar-refractivity contribution >= 4 is 21.5 Å². The van der Waals surface area contributed by atoms with Gasteiger partial charge in [0.1, 0.15) is 5.75 Å². The number of hydrogen-bond donors (Lipinski definition) is 2. The van der Waals surface area contributed by atoms with Crippen molar-refractivity contribution in [3.05, 3.63) is 82.4 Å². The lowest BCUT2D eigenvalue weighted by Crippen LogP contribution is -2.18. The Hall–Kier alpha value is -3.32. The van der Waals surface area contributed by atoms with Crippen molar-refractivity contribution in [2.45, 2.75) is 49.8 Å². The number of carboxylic acids is 1. The third kappa shape index (κ3) is 5.03. The van der Waals surface area contributed by atoms with Gasteiger partial charge in [-0.3, -0.25) is 0 Å². The van der Waals surface area contributed by atoms with Gasteiger partial charge in [0.15, 0.2) is 0 Å². The van der Waals surface area contributed by atoms with Gasteiger partial charge in [0.2, 0.25) is 9.84 Å². The smallest absolute Gasteiger partial charge is 0.337 e. The van der Waals surface area contributed by atoms with Crippen LogP contribution in [0.1, 0.15) is 52.4 Å². The minimum Gasteiger partial charge on any atom is -0.494 e. The molecule has 174 valence electrons. The number of sulfone groups is 1. The molecule has 3 aromatic rings. The van der Waals surface area contributed by atoms with Gasteiger partial charge >= 0.3 is 5.97 Å². The molecule has 6 nitrogen and oxygen atoms in total. The van der Waals surface area contributed by atoms with Crippen LogP contribution in [0.25, 0.3) is 0 Å². The number of aromatic carboxylic acids is 1. The van der Waals surface area contributed by atoms with Crippen LogP contribution in [0.15, 0.2) is 64.4 Å². The number of anilines is 1. The van der Waals surface area contributed by atoms with Gasteiger partial charge in [-0.2, -0.15) is 0 Å². The fraction of sp³-hybridized carbons (Fsp3) is 0.269. The molecule has 0 radical (unpaired) electrons. The molecular weight excluding hydrogens is 438 g/mol. The summed E-state index contributed by atoms with van der Waals surface area (Å²) in [6.45, 7) is 5.88. The fourth-order valence-corrected chi connectivity index (χ4v) is 5.55. The molecule has 7 heteroatoms. The van der Waals surface area contributed by atoms with Crippen LogP contribution in [-0.2, 0) is 16.3 Å². The maximum atomic E-state index is 13.7. The van der Waals surface area contributed by atoms with E-state index < -0.39 is 15.8 Å². The summed E-state index contributed by atoms with van der Waals surface area (Å²) >= 11 is 0. The number of rotatable bonds is 9. The van der Waals surface area contributed by atoms with E-state index in [4.69, 9.17) is 10.5 Å². The zero-order chi connectivity index (χ0) is 24.2. The third-order valence-electron chi connectivity index (χ3n) is 5.74. The monoisotopic (exact) mass is 467 g/mol. The highest BCUT2D eigenvalue weighted by molar-refractivity contribution is 7.91. The summed E-state index contributed by atoms with van der Waals surface area (Å²) in [5.74, 6) is -0.740. The van der Waals surface area contributed by atoms with Gasteiger partial charge in [-0.25, -0.2) is 13.2 Å². The number of nitrogens with two attached hydrogens (primary N) is 1. The number of benzene rings is 3. The number of hydrogen-bond acceptors (Lipinski definition) is 5. The SMILES string of the molecule is CCCCOc1ccc(S(=O)(=O)c2c(C)c(N)c(C)c(Cc3ccccc3)c2C(=O)O)cc1. The molecule has 0 aliphatic rings. The molecule has 0 fully saturated rings. The first-order chi connectivity index (χ1) is 15.7. The predicted molar refractivity (Wildman–Crippen MR) is 129 cm³/mol. The highest BCUT2D eigenvalue weighted by Gasteiger charge is 2.32. The second kappa shape index (κ2) is 10.1. The van der Waals surface area contributed by atoms with Crippen LogP contribution >= 0.6 is 0 Å². The molecule has 0 aliphatic carbocycles. The molecular formula is C26H29NO5S. The summed E-state index contributed by atoms with van der Waals surface area (Å²) in [5, 5.41) is 10.1. The van der Waals surface area contributed by atoms with E-state index in [0.717, 1.165) is 18.4 Å². The topological polar surface area (TPSA) is 107 Å². The van der Waals surface area contributed by atoms with Crippen LogP contribution in [0.4, 0.5) is 5.69 Å². The Morgan fingerprint density at radius 2 is 1.64 bits per heavy atom. The van der Waals surface area contributed by atoms with Gasteiger partial charge in [-0.15, -0.1) is 0 Å². The molecule has 0 unspecified atom stereocenters. The average molecular weight is 468 g/mol. The Labute approximate surface area is 194 Å². The van der Waals surface area contributed by atoms with E-state index in [9.17, 15) is 18.3 Å². The van der Waals surface area contributed by atoms with E-state index in [-0.39, 0.29) is 33.0 Å². The Bertz CT molecular complexity index is 1250. The van der Waals surface area contributed by atoms with Crippen molar-refractivity contribution in [1.29, 1.82) is 0 Å². The molecule has 0 saturated heterocycles. The van der Waals surface area contributed by atoms with Crippen LogP contribution in [0.5, 0.6) is 5.75 Å². The van der Waals surface area contributed by atoms with Gasteiger partial charge < -0.3 is 15.6 Å². The lowest BCUT2D eigenvalue weighted by molar-refractivity contribution is 0.0691. The largest absolute Gasteiger partial charge is 0.494 e. The number of nitrogen functional groups attached to an aromatic ring is 1. The van der Waals surface area contributed by atoms with Crippen LogP contribution < -0.4 is 10.5 Å². The zero-order valence-electron chi connectivity index (χ0n) is 19.1. The molecule has 0 saturated carbocycles. The summed E-state index contributed by atoms with van der Waals surface area (Å²) in [6.07, 6.45) is 2.14. The van der Waals surface area contributed by atoms with Gasteiger partial charge in [0.05, 0.1) is 22.0 Å². The Morgan fingerprint density at radius 3 is 2.21 bits per heavy atom. The standard InChI is InChI=1S/C26H29NO5S/c1-4-5-15-32-20-11-13-21(14-12-20)33(30,31)25-18(3)24(27)17(2)22(23(25)26(28)29)16-19-9-7-6-8-10-19/h6-14H,4-5,15-16,27H2,1-3H3,(H,28,29). The second-order valence-electron chi connectivity index (χ2n) is 7.99. The lowest BCUT2D eigenvalue weighted by Gasteiger charge is -2.20. The summed E-state index contributed by atoms with van der Waals surface area (Å²) in [7, 11) is -4.16. The maximum Gasteiger partial charge on any atom is 0.337 e. The molecule has 0 heterocycles. The molecule has 3 rings (SSSR count). The van der Waals surface area contributed by atoms with Crippen molar-refractivity contribution in [3.63, 3.8) is 0 Å². The normalized spacial score (nSPS) is 11.4. The van der Waals surface area contributed by atoms with Crippen LogP contribution in [-0.4, -0.2) is 26.1 Å². The van der Waals surface area contributed by atoms with Crippen molar-refractivity contribution in [1.82, 2.24) is 0 Å². The number of ether oxygens (including phenoxy) is 1. The Kier molecular flexibility index (Phi) is 7.43. The molecule has 33 heavy (non-hydrogen) atoms. The first-order valence-corrected chi connectivity index (χ1v) is 12.3. The third-order valence-corrected chi connectivity index (χ3v) is 7.68. The fourth-order valence-electron chi connectivity index (χ4n) is 3.83. The van der Waals surface area contributed by atoms with Crippen molar-refractivity contribution < 1.29 is 23.1 Å². The van der Waals surface area contributed by atoms with Gasteiger partial charge in [-0.1, -0.05) is 43.7 Å². The first kappa shape index (κ1) is 24.3. The molecule has 3 aromatic carbocycles. The average Bonchev–Trinajstić information content (AvgIpc) is 2.80. The summed E-state index contributed by atoms with van der Waals surface area (Å²) in [4.78, 5) is 12.1. The second-order valence-corrected chi connectivity index (χ2v) is 9.88. The van der Waals surface area contributed by atoms with E-state index in [1.165, 1.54) is 12.1 Å². The number of unbranched alkanes of at least 4 members (excludes halogenated alkanes) is 1. The summed E-state index contributed by atoms with van der Waals surface area (Å²) < 4.78 is 32.9. The molecule has 3 N–H and O–H groups in total. The summed E-state index contributed by atoms with van der Waals surface area (Å²) in [5.41, 5.74) is 8.43.